The number of halogens is 2. The van der Waals surface area contributed by atoms with Crippen molar-refractivity contribution in [1.29, 1.82) is 0 Å². The summed E-state index contributed by atoms with van der Waals surface area (Å²) in [5.41, 5.74) is 0.383. The number of carbonyl (C=O) groups excluding carboxylic acids is 1. The highest BCUT2D eigenvalue weighted by Gasteiger charge is 2.15. The van der Waals surface area contributed by atoms with Crippen LogP contribution in [0.5, 0.6) is 0 Å². The molecule has 0 aliphatic rings. The SMILES string of the molecule is O=C(Nc1c(F)cc(C(=O)O)cc1Br)OCc1ccccc1. The lowest BCUT2D eigenvalue weighted by Crippen LogP contribution is -2.15. The molecule has 0 saturated heterocycles. The van der Waals surface area contributed by atoms with Crippen LogP contribution in [-0.2, 0) is 11.3 Å². The third kappa shape index (κ3) is 4.05. The number of hydrogen-bond acceptors (Lipinski definition) is 3. The first-order chi connectivity index (χ1) is 10.5. The van der Waals surface area contributed by atoms with E-state index in [0.29, 0.717) is 0 Å². The van der Waals surface area contributed by atoms with Crippen molar-refractivity contribution in [2.75, 3.05) is 5.32 Å². The van der Waals surface area contributed by atoms with Crippen molar-refractivity contribution >= 4 is 33.7 Å². The molecule has 114 valence electrons. The molecule has 22 heavy (non-hydrogen) atoms. The Balaban J connectivity index is 2.04. The zero-order valence-corrected chi connectivity index (χ0v) is 12.8. The summed E-state index contributed by atoms with van der Waals surface area (Å²) < 4.78 is 18.9. The Labute approximate surface area is 133 Å². The lowest BCUT2D eigenvalue weighted by molar-refractivity contribution is 0.0696. The van der Waals surface area contributed by atoms with Gasteiger partial charge in [0.1, 0.15) is 12.4 Å². The predicted molar refractivity (Wildman–Crippen MR) is 81.3 cm³/mol. The van der Waals surface area contributed by atoms with Crippen molar-refractivity contribution < 1.29 is 23.8 Å². The Morgan fingerprint density at radius 2 is 1.91 bits per heavy atom. The summed E-state index contributed by atoms with van der Waals surface area (Å²) in [6, 6.07) is 11.0. The number of nitrogens with one attached hydrogen (secondary N) is 1. The number of carbonyl (C=O) groups is 2. The number of ether oxygens (including phenoxy) is 1. The summed E-state index contributed by atoms with van der Waals surface area (Å²) in [6.45, 7) is 0.0408. The number of benzene rings is 2. The fraction of sp³-hybridized carbons (Fsp3) is 0.0667. The van der Waals surface area contributed by atoms with Crippen molar-refractivity contribution in [2.24, 2.45) is 0 Å². The van der Waals surface area contributed by atoms with Gasteiger partial charge >= 0.3 is 12.1 Å². The minimum Gasteiger partial charge on any atom is -0.478 e. The van der Waals surface area contributed by atoms with Crippen molar-refractivity contribution in [3.05, 3.63) is 63.9 Å². The lowest BCUT2D eigenvalue weighted by atomic mass is 10.2. The Morgan fingerprint density at radius 3 is 2.50 bits per heavy atom. The van der Waals surface area contributed by atoms with Gasteiger partial charge in [-0.25, -0.2) is 14.0 Å². The number of carboxylic acid groups (broad SMARTS) is 1. The largest absolute Gasteiger partial charge is 0.478 e. The number of amides is 1. The molecule has 0 aromatic heterocycles. The molecule has 1 amide bonds. The standard InChI is InChI=1S/C15H11BrFNO4/c16-11-6-10(14(19)20)7-12(17)13(11)18-15(21)22-8-9-4-2-1-3-5-9/h1-7H,8H2,(H,18,21)(H,19,20). The summed E-state index contributed by atoms with van der Waals surface area (Å²) >= 11 is 3.02. The number of carboxylic acids is 1. The van der Waals surface area contributed by atoms with Crippen molar-refractivity contribution in [2.45, 2.75) is 6.61 Å². The zero-order chi connectivity index (χ0) is 16.1. The van der Waals surface area contributed by atoms with Gasteiger partial charge in [0.05, 0.1) is 11.3 Å². The van der Waals surface area contributed by atoms with Gasteiger partial charge in [-0.15, -0.1) is 0 Å². The van der Waals surface area contributed by atoms with E-state index in [2.05, 4.69) is 21.2 Å². The molecule has 2 aromatic carbocycles. The highest BCUT2D eigenvalue weighted by atomic mass is 79.9. The smallest absolute Gasteiger partial charge is 0.412 e. The van der Waals surface area contributed by atoms with Gasteiger partial charge in [0.2, 0.25) is 0 Å². The summed E-state index contributed by atoms with van der Waals surface area (Å²) in [4.78, 5) is 22.5. The fourth-order valence-electron chi connectivity index (χ4n) is 1.68. The van der Waals surface area contributed by atoms with Gasteiger partial charge in [0.25, 0.3) is 0 Å². The van der Waals surface area contributed by atoms with Gasteiger partial charge in [-0.1, -0.05) is 30.3 Å². The van der Waals surface area contributed by atoms with Gasteiger partial charge in [-0.2, -0.15) is 0 Å². The monoisotopic (exact) mass is 367 g/mol. The normalized spacial score (nSPS) is 10.1. The minimum absolute atomic E-state index is 0.0408. The number of aromatic carboxylic acids is 1. The average Bonchev–Trinajstić information content (AvgIpc) is 2.49. The molecular weight excluding hydrogens is 357 g/mol. The van der Waals surface area contributed by atoms with E-state index in [0.717, 1.165) is 11.6 Å². The van der Waals surface area contributed by atoms with E-state index in [1.54, 1.807) is 24.3 Å². The highest BCUT2D eigenvalue weighted by Crippen LogP contribution is 2.27. The molecule has 0 unspecified atom stereocenters. The molecule has 0 aliphatic heterocycles. The first-order valence-corrected chi connectivity index (χ1v) is 6.96. The maximum atomic E-state index is 13.8. The molecule has 0 radical (unpaired) electrons. The predicted octanol–water partition coefficient (Wildman–Crippen LogP) is 4.04. The summed E-state index contributed by atoms with van der Waals surface area (Å²) in [6.07, 6.45) is -0.841. The summed E-state index contributed by atoms with van der Waals surface area (Å²) in [7, 11) is 0. The fourth-order valence-corrected chi connectivity index (χ4v) is 2.21. The first kappa shape index (κ1) is 16.0. The average molecular weight is 368 g/mol. The molecule has 0 saturated carbocycles. The summed E-state index contributed by atoms with van der Waals surface area (Å²) in [5, 5.41) is 11.1. The second kappa shape index (κ2) is 7.04. The van der Waals surface area contributed by atoms with Crippen molar-refractivity contribution in [3.8, 4) is 0 Å². The summed E-state index contributed by atoms with van der Waals surface area (Å²) in [5.74, 6) is -2.14. The van der Waals surface area contributed by atoms with Crippen LogP contribution in [0.15, 0.2) is 46.9 Å². The van der Waals surface area contributed by atoms with E-state index < -0.39 is 17.9 Å². The van der Waals surface area contributed by atoms with E-state index in [1.807, 2.05) is 6.07 Å². The molecule has 2 N–H and O–H groups in total. The molecule has 0 atom stereocenters. The third-order valence-electron chi connectivity index (χ3n) is 2.73. The molecule has 0 spiro atoms. The molecule has 7 heteroatoms. The molecule has 0 aliphatic carbocycles. The molecule has 0 heterocycles. The topological polar surface area (TPSA) is 75.6 Å². The van der Waals surface area contributed by atoms with Gasteiger partial charge < -0.3 is 9.84 Å². The molecule has 5 nitrogen and oxygen atoms in total. The Morgan fingerprint density at radius 1 is 1.23 bits per heavy atom. The molecule has 0 bridgehead atoms. The van der Waals surface area contributed by atoms with E-state index in [9.17, 15) is 14.0 Å². The van der Waals surface area contributed by atoms with E-state index in [-0.39, 0.29) is 22.3 Å². The third-order valence-corrected chi connectivity index (χ3v) is 3.35. The van der Waals surface area contributed by atoms with Crippen molar-refractivity contribution in [1.82, 2.24) is 0 Å². The van der Waals surface area contributed by atoms with Crippen LogP contribution in [0.2, 0.25) is 0 Å². The van der Waals surface area contributed by atoms with Crippen LogP contribution < -0.4 is 5.32 Å². The molecule has 2 aromatic rings. The van der Waals surface area contributed by atoms with Gasteiger partial charge in [0, 0.05) is 4.47 Å². The molecular formula is C15H11BrFNO4. The van der Waals surface area contributed by atoms with Gasteiger partial charge in [-0.3, -0.25) is 5.32 Å². The van der Waals surface area contributed by atoms with Crippen LogP contribution in [-0.4, -0.2) is 17.2 Å². The van der Waals surface area contributed by atoms with Crippen LogP contribution in [0.4, 0.5) is 14.9 Å². The van der Waals surface area contributed by atoms with Crippen molar-refractivity contribution in [3.63, 3.8) is 0 Å². The van der Waals surface area contributed by atoms with Crippen LogP contribution in [0.1, 0.15) is 15.9 Å². The first-order valence-electron chi connectivity index (χ1n) is 6.17. The molecule has 0 fully saturated rings. The van der Waals surface area contributed by atoms with Crippen LogP contribution in [0.3, 0.4) is 0 Å². The lowest BCUT2D eigenvalue weighted by Gasteiger charge is -2.10. The van der Waals surface area contributed by atoms with Crippen LogP contribution >= 0.6 is 15.9 Å². The number of rotatable bonds is 4. The Kier molecular flexibility index (Phi) is 5.11. The van der Waals surface area contributed by atoms with E-state index in [4.69, 9.17) is 9.84 Å². The minimum atomic E-state index is -1.27. The second-order valence-corrected chi connectivity index (χ2v) is 5.16. The maximum Gasteiger partial charge on any atom is 0.412 e. The highest BCUT2D eigenvalue weighted by molar-refractivity contribution is 9.10. The number of anilines is 1. The van der Waals surface area contributed by atoms with E-state index in [1.165, 1.54) is 6.07 Å². The van der Waals surface area contributed by atoms with Crippen LogP contribution in [0, 0.1) is 5.82 Å². The Bertz CT molecular complexity index is 683. The number of hydrogen-bond donors (Lipinski definition) is 2. The maximum absolute atomic E-state index is 13.8. The van der Waals surface area contributed by atoms with Gasteiger partial charge in [-0.05, 0) is 33.6 Å². The zero-order valence-electron chi connectivity index (χ0n) is 11.2. The Hall–Kier alpha value is -2.41. The molecule has 2 rings (SSSR count). The van der Waals surface area contributed by atoms with Gasteiger partial charge in [0.15, 0.2) is 0 Å². The second-order valence-electron chi connectivity index (χ2n) is 4.31. The quantitative estimate of drug-likeness (QED) is 0.854. The van der Waals surface area contributed by atoms with Crippen LogP contribution in [0.25, 0.3) is 0 Å². The van der Waals surface area contributed by atoms with E-state index >= 15 is 0 Å².